The molecule has 144 valence electrons. The largest absolute Gasteiger partial charge is 0.497 e. The Balaban J connectivity index is 1.65. The number of hydrogen-bond donors (Lipinski definition) is 2. The molecule has 7 nitrogen and oxygen atoms in total. The number of rotatable bonds is 5. The Morgan fingerprint density at radius 1 is 1.19 bits per heavy atom. The number of aryl methyl sites for hydroxylation is 1. The fourth-order valence-corrected chi connectivity index (χ4v) is 4.48. The van der Waals surface area contributed by atoms with Gasteiger partial charge in [-0.25, -0.2) is 13.2 Å². The number of urea groups is 1. The molecule has 2 N–H and O–H groups in total. The summed E-state index contributed by atoms with van der Waals surface area (Å²) in [6.07, 6.45) is 0.612. The standard InChI is InChI=1S/C19H23N3O4S/c1-14-4-7-16(22-10-3-11-27(22,24)25)12-18(14)21-19(23)20-13-15-5-8-17(26-2)9-6-15/h4-9,12H,3,10-11,13H2,1-2H3,(H2,20,21,23). The maximum Gasteiger partial charge on any atom is 0.319 e. The quantitative estimate of drug-likeness (QED) is 0.823. The molecule has 8 heteroatoms. The molecule has 0 bridgehead atoms. The molecule has 2 aromatic carbocycles. The first kappa shape index (κ1) is 19.0. The Bertz CT molecular complexity index is 926. The molecule has 1 saturated heterocycles. The van der Waals surface area contributed by atoms with Gasteiger partial charge in [0, 0.05) is 18.8 Å². The predicted molar refractivity (Wildman–Crippen MR) is 106 cm³/mol. The van der Waals surface area contributed by atoms with Gasteiger partial charge >= 0.3 is 6.03 Å². The number of hydrogen-bond acceptors (Lipinski definition) is 4. The summed E-state index contributed by atoms with van der Waals surface area (Å²) < 4.78 is 30.7. The number of anilines is 2. The third-order valence-corrected chi connectivity index (χ3v) is 6.34. The molecular formula is C19H23N3O4S. The molecule has 2 aromatic rings. The zero-order valence-corrected chi connectivity index (χ0v) is 16.2. The number of nitrogens with one attached hydrogen (secondary N) is 2. The van der Waals surface area contributed by atoms with Crippen LogP contribution in [0.25, 0.3) is 0 Å². The topological polar surface area (TPSA) is 87.7 Å². The van der Waals surface area contributed by atoms with Gasteiger partial charge in [0.2, 0.25) is 10.0 Å². The van der Waals surface area contributed by atoms with Crippen molar-refractivity contribution in [1.82, 2.24) is 5.32 Å². The second-order valence-corrected chi connectivity index (χ2v) is 8.41. The van der Waals surface area contributed by atoms with Crippen molar-refractivity contribution in [2.75, 3.05) is 29.0 Å². The molecule has 3 rings (SSSR count). The van der Waals surface area contributed by atoms with E-state index < -0.39 is 10.0 Å². The van der Waals surface area contributed by atoms with Crippen LogP contribution in [0.15, 0.2) is 42.5 Å². The Morgan fingerprint density at radius 2 is 1.93 bits per heavy atom. The van der Waals surface area contributed by atoms with Crippen LogP contribution in [0, 0.1) is 6.92 Å². The summed E-state index contributed by atoms with van der Waals surface area (Å²) in [7, 11) is -1.65. The van der Waals surface area contributed by atoms with E-state index in [1.807, 2.05) is 37.3 Å². The van der Waals surface area contributed by atoms with Gasteiger partial charge in [-0.3, -0.25) is 4.31 Å². The van der Waals surface area contributed by atoms with Crippen molar-refractivity contribution < 1.29 is 17.9 Å². The summed E-state index contributed by atoms with van der Waals surface area (Å²) >= 11 is 0. The highest BCUT2D eigenvalue weighted by molar-refractivity contribution is 7.93. The first-order valence-electron chi connectivity index (χ1n) is 8.68. The second-order valence-electron chi connectivity index (χ2n) is 6.40. The highest BCUT2D eigenvalue weighted by Gasteiger charge is 2.28. The molecule has 2 amide bonds. The summed E-state index contributed by atoms with van der Waals surface area (Å²) in [5, 5.41) is 5.59. The summed E-state index contributed by atoms with van der Waals surface area (Å²) in [6, 6.07) is 12.3. The molecule has 1 aliphatic heterocycles. The van der Waals surface area contributed by atoms with Gasteiger partial charge in [0.15, 0.2) is 0 Å². The van der Waals surface area contributed by atoms with Gasteiger partial charge < -0.3 is 15.4 Å². The normalized spacial score (nSPS) is 15.4. The van der Waals surface area contributed by atoms with Crippen molar-refractivity contribution in [3.8, 4) is 5.75 Å². The van der Waals surface area contributed by atoms with Crippen LogP contribution in [0.4, 0.5) is 16.2 Å². The van der Waals surface area contributed by atoms with Crippen molar-refractivity contribution in [3.63, 3.8) is 0 Å². The van der Waals surface area contributed by atoms with Crippen LogP contribution in [-0.2, 0) is 16.6 Å². The Kier molecular flexibility index (Phi) is 5.55. The summed E-state index contributed by atoms with van der Waals surface area (Å²) in [4.78, 5) is 12.2. The average Bonchev–Trinajstić information content (AvgIpc) is 3.01. The van der Waals surface area contributed by atoms with Gasteiger partial charge in [-0.05, 0) is 48.7 Å². The molecule has 0 saturated carbocycles. The van der Waals surface area contributed by atoms with Gasteiger partial charge in [-0.1, -0.05) is 18.2 Å². The molecule has 0 spiro atoms. The molecule has 0 unspecified atom stereocenters. The van der Waals surface area contributed by atoms with E-state index in [9.17, 15) is 13.2 Å². The molecule has 27 heavy (non-hydrogen) atoms. The van der Waals surface area contributed by atoms with Crippen LogP contribution in [0.1, 0.15) is 17.5 Å². The number of carbonyl (C=O) groups excluding carboxylic acids is 1. The minimum atomic E-state index is -3.26. The SMILES string of the molecule is COc1ccc(CNC(=O)Nc2cc(N3CCCS3(=O)=O)ccc2C)cc1. The van der Waals surface area contributed by atoms with Crippen LogP contribution < -0.4 is 19.7 Å². The average molecular weight is 389 g/mol. The van der Waals surface area contributed by atoms with Crippen molar-refractivity contribution in [2.24, 2.45) is 0 Å². The molecule has 1 fully saturated rings. The lowest BCUT2D eigenvalue weighted by molar-refractivity contribution is 0.251. The predicted octanol–water partition coefficient (Wildman–Crippen LogP) is 2.87. The van der Waals surface area contributed by atoms with Crippen molar-refractivity contribution in [2.45, 2.75) is 19.9 Å². The van der Waals surface area contributed by atoms with Gasteiger partial charge in [0.25, 0.3) is 0 Å². The number of nitrogens with zero attached hydrogens (tertiary/aromatic N) is 1. The zero-order valence-electron chi connectivity index (χ0n) is 15.4. The van der Waals surface area contributed by atoms with Gasteiger partial charge in [-0.2, -0.15) is 0 Å². The zero-order chi connectivity index (χ0) is 19.4. The van der Waals surface area contributed by atoms with Gasteiger partial charge in [-0.15, -0.1) is 0 Å². The number of amides is 2. The third-order valence-electron chi connectivity index (χ3n) is 4.47. The van der Waals surface area contributed by atoms with Crippen LogP contribution in [-0.4, -0.2) is 33.9 Å². The minimum absolute atomic E-state index is 0.159. The van der Waals surface area contributed by atoms with E-state index in [1.165, 1.54) is 4.31 Å². The Morgan fingerprint density at radius 3 is 2.56 bits per heavy atom. The fourth-order valence-electron chi connectivity index (χ4n) is 2.92. The van der Waals surface area contributed by atoms with Crippen LogP contribution in [0.3, 0.4) is 0 Å². The van der Waals surface area contributed by atoms with Crippen molar-refractivity contribution >= 4 is 27.4 Å². The van der Waals surface area contributed by atoms with E-state index >= 15 is 0 Å². The van der Waals surface area contributed by atoms with E-state index in [0.29, 0.717) is 30.9 Å². The third kappa shape index (κ3) is 4.51. The number of sulfonamides is 1. The monoisotopic (exact) mass is 389 g/mol. The van der Waals surface area contributed by atoms with Gasteiger partial charge in [0.05, 0.1) is 18.6 Å². The summed E-state index contributed by atoms with van der Waals surface area (Å²) in [6.45, 7) is 2.70. The molecule has 0 aromatic heterocycles. The number of carbonyl (C=O) groups is 1. The number of methoxy groups -OCH3 is 1. The first-order valence-corrected chi connectivity index (χ1v) is 10.3. The maximum atomic E-state index is 12.2. The van der Waals surface area contributed by atoms with E-state index in [0.717, 1.165) is 16.9 Å². The lowest BCUT2D eigenvalue weighted by atomic mass is 10.1. The lowest BCUT2D eigenvalue weighted by Gasteiger charge is -2.19. The van der Waals surface area contributed by atoms with Crippen LogP contribution >= 0.6 is 0 Å². The van der Waals surface area contributed by atoms with Crippen LogP contribution in [0.2, 0.25) is 0 Å². The van der Waals surface area contributed by atoms with E-state index in [1.54, 1.807) is 19.2 Å². The number of benzene rings is 2. The smallest absolute Gasteiger partial charge is 0.319 e. The van der Waals surface area contributed by atoms with Crippen molar-refractivity contribution in [1.29, 1.82) is 0 Å². The van der Waals surface area contributed by atoms with Crippen LogP contribution in [0.5, 0.6) is 5.75 Å². The molecule has 1 heterocycles. The maximum absolute atomic E-state index is 12.2. The molecule has 1 aliphatic rings. The summed E-state index contributed by atoms with van der Waals surface area (Å²) in [5.41, 5.74) is 2.96. The molecule has 0 aliphatic carbocycles. The number of ether oxygens (including phenoxy) is 1. The van der Waals surface area contributed by atoms with Gasteiger partial charge in [0.1, 0.15) is 5.75 Å². The molecule has 0 radical (unpaired) electrons. The minimum Gasteiger partial charge on any atom is -0.497 e. The molecular weight excluding hydrogens is 366 g/mol. The second kappa shape index (κ2) is 7.87. The Hall–Kier alpha value is -2.74. The lowest BCUT2D eigenvalue weighted by Crippen LogP contribution is -2.29. The highest BCUT2D eigenvalue weighted by atomic mass is 32.2. The first-order chi connectivity index (χ1) is 12.9. The van der Waals surface area contributed by atoms with E-state index in [4.69, 9.17) is 4.74 Å². The van der Waals surface area contributed by atoms with Crippen molar-refractivity contribution in [3.05, 3.63) is 53.6 Å². The van der Waals surface area contributed by atoms with E-state index in [2.05, 4.69) is 10.6 Å². The van der Waals surface area contributed by atoms with E-state index in [-0.39, 0.29) is 11.8 Å². The summed E-state index contributed by atoms with van der Waals surface area (Å²) in [5.74, 6) is 0.916. The Labute approximate surface area is 159 Å². The fraction of sp³-hybridized carbons (Fsp3) is 0.316. The molecule has 0 atom stereocenters. The highest BCUT2D eigenvalue weighted by Crippen LogP contribution is 2.28.